The van der Waals surface area contributed by atoms with Gasteiger partial charge in [-0.3, -0.25) is 14.7 Å². The van der Waals surface area contributed by atoms with Gasteiger partial charge in [0, 0.05) is 29.0 Å². The molecule has 1 heterocycles. The normalized spacial score (nSPS) is 12.6. The van der Waals surface area contributed by atoms with Crippen molar-refractivity contribution >= 4 is 33.5 Å². The van der Waals surface area contributed by atoms with Crippen molar-refractivity contribution in [2.24, 2.45) is 0 Å². The molecule has 0 saturated heterocycles. The molecule has 1 aromatic heterocycles. The highest BCUT2D eigenvalue weighted by molar-refractivity contribution is 7.98. The maximum atomic E-state index is 13.3. The van der Waals surface area contributed by atoms with Gasteiger partial charge in [-0.1, -0.05) is 54.2 Å². The van der Waals surface area contributed by atoms with Crippen LogP contribution >= 0.6 is 11.8 Å². The van der Waals surface area contributed by atoms with E-state index in [9.17, 15) is 22.9 Å². The minimum Gasteiger partial charge on any atom is -0.273 e. The molecular weight excluding hydrogens is 517 g/mol. The predicted octanol–water partition coefficient (Wildman–Crippen LogP) is 5.26. The molecule has 0 bridgehead atoms. The molecule has 0 radical (unpaired) electrons. The number of benzene rings is 3. The smallest absolute Gasteiger partial charge is 0.269 e. The zero-order valence-electron chi connectivity index (χ0n) is 19.6. The van der Waals surface area contributed by atoms with Crippen molar-refractivity contribution in [1.29, 1.82) is 0 Å². The Kier molecular flexibility index (Phi) is 8.11. The molecule has 9 nitrogen and oxygen atoms in total. The van der Waals surface area contributed by atoms with Crippen LogP contribution in [-0.4, -0.2) is 28.1 Å². The number of hydrogen-bond donors (Lipinski definition) is 1. The van der Waals surface area contributed by atoms with Gasteiger partial charge in [-0.25, -0.2) is 17.5 Å². The van der Waals surface area contributed by atoms with Crippen LogP contribution in [0.15, 0.2) is 89.4 Å². The molecule has 190 valence electrons. The molecule has 3 aromatic carbocycles. The summed E-state index contributed by atoms with van der Waals surface area (Å²) in [5.74, 6) is 0.408. The number of nitro benzene ring substituents is 1. The fourth-order valence-corrected chi connectivity index (χ4v) is 5.35. The van der Waals surface area contributed by atoms with E-state index in [-0.39, 0.29) is 11.5 Å². The molecule has 0 aliphatic heterocycles. The van der Waals surface area contributed by atoms with Gasteiger partial charge in [-0.2, -0.15) is 0 Å². The summed E-state index contributed by atoms with van der Waals surface area (Å²) in [5.41, 5.74) is 2.02. The van der Waals surface area contributed by atoms with Gasteiger partial charge in [0.1, 0.15) is 5.82 Å². The van der Waals surface area contributed by atoms with Gasteiger partial charge in [0.15, 0.2) is 11.0 Å². The van der Waals surface area contributed by atoms with Gasteiger partial charge in [0.05, 0.1) is 11.0 Å². The number of halogens is 1. The van der Waals surface area contributed by atoms with Crippen molar-refractivity contribution in [3.8, 4) is 5.69 Å². The zero-order chi connectivity index (χ0) is 26.4. The Morgan fingerprint density at radius 2 is 1.73 bits per heavy atom. The van der Waals surface area contributed by atoms with Crippen LogP contribution in [0.1, 0.15) is 29.9 Å². The van der Waals surface area contributed by atoms with Gasteiger partial charge < -0.3 is 0 Å². The second-order valence-corrected chi connectivity index (χ2v) is 10.5. The Morgan fingerprint density at radius 3 is 2.38 bits per heavy atom. The molecule has 0 fully saturated rings. The second kappa shape index (κ2) is 11.5. The van der Waals surface area contributed by atoms with Gasteiger partial charge in [-0.05, 0) is 48.4 Å². The number of rotatable bonds is 10. The first-order valence-corrected chi connectivity index (χ1v) is 13.6. The third-order valence-electron chi connectivity index (χ3n) is 5.23. The molecule has 0 spiro atoms. The predicted molar refractivity (Wildman–Crippen MR) is 140 cm³/mol. The number of nitrogens with zero attached hydrogens (tertiary/aromatic N) is 4. The van der Waals surface area contributed by atoms with Gasteiger partial charge in [-0.15, -0.1) is 10.2 Å². The molecule has 4 aromatic rings. The van der Waals surface area contributed by atoms with Crippen LogP contribution in [0.5, 0.6) is 0 Å². The summed E-state index contributed by atoms with van der Waals surface area (Å²) in [4.78, 5) is 10.6. The van der Waals surface area contributed by atoms with Crippen LogP contribution in [0.3, 0.4) is 0 Å². The number of thioether (sulfide) groups is 1. The van der Waals surface area contributed by atoms with E-state index in [2.05, 4.69) is 14.9 Å². The first kappa shape index (κ1) is 26.2. The van der Waals surface area contributed by atoms with Gasteiger partial charge in [0.25, 0.3) is 5.69 Å². The summed E-state index contributed by atoms with van der Waals surface area (Å²) in [7, 11) is -3.84. The Morgan fingerprint density at radius 1 is 1.05 bits per heavy atom. The monoisotopic (exact) mass is 539 g/mol. The van der Waals surface area contributed by atoms with Crippen molar-refractivity contribution in [1.82, 2.24) is 19.5 Å². The molecule has 0 aliphatic carbocycles. The lowest BCUT2D eigenvalue weighted by Crippen LogP contribution is -2.27. The Bertz CT molecular complexity index is 1510. The lowest BCUT2D eigenvalue weighted by atomic mass is 10.2. The maximum absolute atomic E-state index is 13.3. The van der Waals surface area contributed by atoms with E-state index in [1.165, 1.54) is 42.1 Å². The second-order valence-electron chi connectivity index (χ2n) is 7.96. The van der Waals surface area contributed by atoms with E-state index < -0.39 is 21.0 Å². The van der Waals surface area contributed by atoms with Crippen molar-refractivity contribution in [2.45, 2.75) is 23.9 Å². The number of nitrogens with one attached hydrogen (secondary N) is 1. The fraction of sp³-hybridized carbons (Fsp3) is 0.120. The van der Waals surface area contributed by atoms with Crippen molar-refractivity contribution in [3.63, 3.8) is 0 Å². The van der Waals surface area contributed by atoms with Gasteiger partial charge in [0.2, 0.25) is 10.0 Å². The zero-order valence-corrected chi connectivity index (χ0v) is 21.2. The quantitative estimate of drug-likeness (QED) is 0.166. The third-order valence-corrected chi connectivity index (χ3v) is 7.40. The van der Waals surface area contributed by atoms with Crippen LogP contribution in [0.4, 0.5) is 10.1 Å². The van der Waals surface area contributed by atoms with Crippen LogP contribution in [0.25, 0.3) is 11.8 Å². The third kappa shape index (κ3) is 6.88. The summed E-state index contributed by atoms with van der Waals surface area (Å²) in [6.07, 6.45) is 1.49. The maximum Gasteiger partial charge on any atom is 0.269 e. The van der Waals surface area contributed by atoms with E-state index >= 15 is 0 Å². The molecule has 1 N–H and O–H groups in total. The average molecular weight is 540 g/mol. The fourth-order valence-electron chi connectivity index (χ4n) is 3.42. The van der Waals surface area contributed by atoms with E-state index in [0.717, 1.165) is 16.5 Å². The summed E-state index contributed by atoms with van der Waals surface area (Å²) in [6.45, 7) is 1.63. The highest BCUT2D eigenvalue weighted by atomic mass is 32.2. The van der Waals surface area contributed by atoms with E-state index in [1.54, 1.807) is 60.0 Å². The number of non-ortho nitro benzene ring substituents is 1. The van der Waals surface area contributed by atoms with Crippen LogP contribution in [-0.2, 0) is 15.8 Å². The molecule has 0 saturated carbocycles. The molecule has 4 rings (SSSR count). The van der Waals surface area contributed by atoms with E-state index in [1.807, 2.05) is 6.07 Å². The summed E-state index contributed by atoms with van der Waals surface area (Å²) >= 11 is 1.32. The lowest BCUT2D eigenvalue weighted by Gasteiger charge is -2.15. The average Bonchev–Trinajstić information content (AvgIpc) is 3.32. The minimum absolute atomic E-state index is 0.0845. The minimum atomic E-state index is -3.84. The van der Waals surface area contributed by atoms with Crippen molar-refractivity contribution < 1.29 is 17.7 Å². The highest BCUT2D eigenvalue weighted by Gasteiger charge is 2.23. The van der Waals surface area contributed by atoms with E-state index in [4.69, 9.17) is 0 Å². The summed E-state index contributed by atoms with van der Waals surface area (Å²) in [6, 6.07) is 20.1. The Balaban J connectivity index is 1.62. The first-order chi connectivity index (χ1) is 17.7. The summed E-state index contributed by atoms with van der Waals surface area (Å²) in [5, 5.41) is 21.1. The molecule has 0 amide bonds. The van der Waals surface area contributed by atoms with Crippen LogP contribution in [0.2, 0.25) is 0 Å². The largest absolute Gasteiger partial charge is 0.273 e. The Labute approximate surface area is 217 Å². The Hall–Kier alpha value is -3.87. The summed E-state index contributed by atoms with van der Waals surface area (Å²) < 4.78 is 43.0. The number of aromatic nitrogens is 3. The molecule has 0 aliphatic rings. The topological polar surface area (TPSA) is 120 Å². The van der Waals surface area contributed by atoms with E-state index in [0.29, 0.717) is 22.4 Å². The molecule has 12 heteroatoms. The lowest BCUT2D eigenvalue weighted by molar-refractivity contribution is -0.384. The highest BCUT2D eigenvalue weighted by Crippen LogP contribution is 2.29. The number of sulfonamides is 1. The van der Waals surface area contributed by atoms with Crippen LogP contribution in [0, 0.1) is 15.9 Å². The SMILES string of the molecule is CC(NS(=O)(=O)/C=C/c1ccccc1)c1nnc(SCc2ccc(F)cc2)n1-c1ccc([N+](=O)[O-])cc1. The van der Waals surface area contributed by atoms with Crippen molar-refractivity contribution in [3.05, 3.63) is 117 Å². The molecular formula is C25H22FN5O4S2. The standard InChI is InChI=1S/C25H22FN5O4S2/c1-18(29-37(34,35)16-15-19-5-3-2-4-6-19)24-27-28-25(36-17-20-7-9-21(26)10-8-20)30(24)22-11-13-23(14-12-22)31(32)33/h2-16,18,29H,17H2,1H3/b16-15+. The van der Waals surface area contributed by atoms with Crippen molar-refractivity contribution in [2.75, 3.05) is 0 Å². The molecule has 37 heavy (non-hydrogen) atoms. The first-order valence-electron chi connectivity index (χ1n) is 11.0. The molecule has 1 atom stereocenters. The number of nitro groups is 1. The van der Waals surface area contributed by atoms with Crippen LogP contribution < -0.4 is 4.72 Å². The molecule has 1 unspecified atom stereocenters. The number of hydrogen-bond acceptors (Lipinski definition) is 7. The van der Waals surface area contributed by atoms with Gasteiger partial charge >= 0.3 is 0 Å².